The molecule has 7 nitrogen and oxygen atoms in total. The van der Waals surface area contributed by atoms with E-state index >= 15 is 0 Å². The number of nitrogens with one attached hydrogen (secondary N) is 2. The molecule has 0 aliphatic rings. The highest BCUT2D eigenvalue weighted by Gasteiger charge is 2.14. The van der Waals surface area contributed by atoms with Gasteiger partial charge in [-0.3, -0.25) is 4.79 Å². The number of amides is 1. The molecule has 1 amide bonds. The van der Waals surface area contributed by atoms with Crippen LogP contribution < -0.4 is 15.4 Å². The van der Waals surface area contributed by atoms with Gasteiger partial charge in [0.2, 0.25) is 11.8 Å². The number of hydrogen-bond donors (Lipinski definition) is 2. The van der Waals surface area contributed by atoms with Gasteiger partial charge < -0.3 is 15.4 Å². The smallest absolute Gasteiger partial charge is 0.265 e. The molecular formula is C23H21N5O2S. The molecule has 0 aliphatic heterocycles. The topological polar surface area (TPSA) is 89.0 Å². The molecule has 0 radical (unpaired) electrons. The molecule has 0 saturated carbocycles. The number of aromatic nitrogens is 3. The zero-order valence-electron chi connectivity index (χ0n) is 17.3. The van der Waals surface area contributed by atoms with Crippen molar-refractivity contribution >= 4 is 28.9 Å². The molecule has 3 aromatic heterocycles. The number of hydrogen-bond acceptors (Lipinski definition) is 7. The lowest BCUT2D eigenvalue weighted by atomic mass is 10.1. The van der Waals surface area contributed by atoms with Crippen LogP contribution in [-0.4, -0.2) is 27.9 Å². The normalized spacial score (nSPS) is 10.5. The fourth-order valence-electron chi connectivity index (χ4n) is 3.04. The Kier molecular flexibility index (Phi) is 5.90. The summed E-state index contributed by atoms with van der Waals surface area (Å²) in [6, 6.07) is 13.0. The van der Waals surface area contributed by atoms with Gasteiger partial charge in [0.1, 0.15) is 5.75 Å². The second kappa shape index (κ2) is 8.93. The van der Waals surface area contributed by atoms with Crippen molar-refractivity contribution in [2.45, 2.75) is 13.8 Å². The zero-order chi connectivity index (χ0) is 21.8. The van der Waals surface area contributed by atoms with E-state index in [1.807, 2.05) is 61.7 Å². The number of nitrogens with zero attached hydrogens (tertiary/aromatic N) is 3. The average molecular weight is 432 g/mol. The van der Waals surface area contributed by atoms with Crippen LogP contribution in [0.15, 0.2) is 60.2 Å². The number of carbonyl (C=O) groups excluding carboxylic acids is 1. The van der Waals surface area contributed by atoms with E-state index in [2.05, 4.69) is 25.6 Å². The largest absolute Gasteiger partial charge is 0.438 e. The molecule has 0 atom stereocenters. The van der Waals surface area contributed by atoms with E-state index in [0.29, 0.717) is 33.8 Å². The quantitative estimate of drug-likeness (QED) is 0.430. The Morgan fingerprint density at radius 3 is 2.65 bits per heavy atom. The van der Waals surface area contributed by atoms with E-state index in [1.54, 1.807) is 19.4 Å². The molecule has 156 valence electrons. The summed E-state index contributed by atoms with van der Waals surface area (Å²) in [6.45, 7) is 3.85. The van der Waals surface area contributed by atoms with Gasteiger partial charge in [-0.05, 0) is 72.8 Å². The summed E-state index contributed by atoms with van der Waals surface area (Å²) in [7, 11) is 1.77. The van der Waals surface area contributed by atoms with Gasteiger partial charge in [0, 0.05) is 25.1 Å². The molecule has 31 heavy (non-hydrogen) atoms. The van der Waals surface area contributed by atoms with Crippen LogP contribution in [0.3, 0.4) is 0 Å². The molecule has 0 unspecified atom stereocenters. The molecule has 0 saturated heterocycles. The van der Waals surface area contributed by atoms with Gasteiger partial charge in [-0.2, -0.15) is 0 Å². The SMILES string of the molecule is CNc1nccc(-c2cccnc2Oc2ccc(NC(=O)c3sccc3C)cc2C)n1. The van der Waals surface area contributed by atoms with Crippen LogP contribution in [0.4, 0.5) is 11.6 Å². The van der Waals surface area contributed by atoms with Crippen LogP contribution in [0, 0.1) is 13.8 Å². The number of benzene rings is 1. The summed E-state index contributed by atoms with van der Waals surface area (Å²) in [4.78, 5) is 26.2. The van der Waals surface area contributed by atoms with Gasteiger partial charge in [0.25, 0.3) is 5.91 Å². The van der Waals surface area contributed by atoms with Gasteiger partial charge in [-0.1, -0.05) is 0 Å². The van der Waals surface area contributed by atoms with Crippen molar-refractivity contribution in [3.8, 4) is 22.9 Å². The lowest BCUT2D eigenvalue weighted by Gasteiger charge is -2.13. The first kappa shape index (κ1) is 20.5. The summed E-state index contributed by atoms with van der Waals surface area (Å²) >= 11 is 1.43. The summed E-state index contributed by atoms with van der Waals surface area (Å²) < 4.78 is 6.12. The maximum absolute atomic E-state index is 12.5. The van der Waals surface area contributed by atoms with Gasteiger partial charge in [-0.15, -0.1) is 11.3 Å². The maximum Gasteiger partial charge on any atom is 0.265 e. The number of rotatable bonds is 6. The van der Waals surface area contributed by atoms with E-state index in [0.717, 1.165) is 16.7 Å². The molecule has 0 spiro atoms. The molecule has 0 aliphatic carbocycles. The first-order valence-corrected chi connectivity index (χ1v) is 10.5. The summed E-state index contributed by atoms with van der Waals surface area (Å²) in [6.07, 6.45) is 3.36. The molecular weight excluding hydrogens is 410 g/mol. The molecule has 2 N–H and O–H groups in total. The Morgan fingerprint density at radius 2 is 1.90 bits per heavy atom. The minimum atomic E-state index is -0.114. The van der Waals surface area contributed by atoms with Gasteiger partial charge in [-0.25, -0.2) is 15.0 Å². The average Bonchev–Trinajstić information content (AvgIpc) is 3.22. The molecule has 0 fully saturated rings. The Balaban J connectivity index is 1.57. The van der Waals surface area contributed by atoms with Gasteiger partial charge in [0.05, 0.1) is 16.1 Å². The van der Waals surface area contributed by atoms with Gasteiger partial charge >= 0.3 is 0 Å². The van der Waals surface area contributed by atoms with Crippen LogP contribution in [-0.2, 0) is 0 Å². The predicted molar refractivity (Wildman–Crippen MR) is 123 cm³/mol. The zero-order valence-corrected chi connectivity index (χ0v) is 18.2. The van der Waals surface area contributed by atoms with Crippen LogP contribution in [0.1, 0.15) is 20.8 Å². The summed E-state index contributed by atoms with van der Waals surface area (Å²) in [5.41, 5.74) is 4.00. The van der Waals surface area contributed by atoms with Gasteiger partial charge in [0.15, 0.2) is 0 Å². The Morgan fingerprint density at radius 1 is 1.03 bits per heavy atom. The second-order valence-electron chi connectivity index (χ2n) is 6.84. The molecule has 0 bridgehead atoms. The number of anilines is 2. The molecule has 1 aromatic carbocycles. The fourth-order valence-corrected chi connectivity index (χ4v) is 3.86. The van der Waals surface area contributed by atoms with Crippen molar-refractivity contribution in [3.05, 3.63) is 76.2 Å². The maximum atomic E-state index is 12.5. The standard InChI is InChI=1S/C23H21N5O2S/c1-14-9-12-31-20(14)21(29)27-16-6-7-19(15(2)13-16)30-22-17(5-4-10-25-22)18-8-11-26-23(24-3)28-18/h4-13H,1-3H3,(H,27,29)(H,24,26,28). The lowest BCUT2D eigenvalue weighted by molar-refractivity contribution is 0.103. The third-order valence-corrected chi connectivity index (χ3v) is 5.65. The van der Waals surface area contributed by atoms with Crippen molar-refractivity contribution in [2.24, 2.45) is 0 Å². The van der Waals surface area contributed by atoms with E-state index in [9.17, 15) is 4.79 Å². The monoisotopic (exact) mass is 431 g/mol. The third-order valence-electron chi connectivity index (χ3n) is 4.63. The first-order valence-electron chi connectivity index (χ1n) is 9.65. The minimum absolute atomic E-state index is 0.114. The number of aryl methyl sites for hydroxylation is 2. The lowest BCUT2D eigenvalue weighted by Crippen LogP contribution is -2.11. The highest BCUT2D eigenvalue weighted by atomic mass is 32.1. The Hall–Kier alpha value is -3.78. The van der Waals surface area contributed by atoms with E-state index in [4.69, 9.17) is 4.74 Å². The third kappa shape index (κ3) is 4.54. The number of carbonyl (C=O) groups is 1. The second-order valence-corrected chi connectivity index (χ2v) is 7.76. The predicted octanol–water partition coefficient (Wildman–Crippen LogP) is 5.30. The van der Waals surface area contributed by atoms with Crippen molar-refractivity contribution in [2.75, 3.05) is 17.7 Å². The van der Waals surface area contributed by atoms with Crippen molar-refractivity contribution in [3.63, 3.8) is 0 Å². The van der Waals surface area contributed by atoms with E-state index in [-0.39, 0.29) is 5.91 Å². The number of ether oxygens (including phenoxy) is 1. The molecule has 4 rings (SSSR count). The van der Waals surface area contributed by atoms with E-state index in [1.165, 1.54) is 11.3 Å². The van der Waals surface area contributed by atoms with E-state index < -0.39 is 0 Å². The fraction of sp³-hybridized carbons (Fsp3) is 0.130. The van der Waals surface area contributed by atoms with Crippen LogP contribution in [0.25, 0.3) is 11.3 Å². The molecule has 8 heteroatoms. The molecule has 4 aromatic rings. The van der Waals surface area contributed by atoms with Crippen molar-refractivity contribution in [1.82, 2.24) is 15.0 Å². The Bertz CT molecular complexity index is 1240. The number of thiophene rings is 1. The first-order chi connectivity index (χ1) is 15.0. The highest BCUT2D eigenvalue weighted by molar-refractivity contribution is 7.12. The summed E-state index contributed by atoms with van der Waals surface area (Å²) in [5, 5.41) is 7.79. The minimum Gasteiger partial charge on any atom is -0.438 e. The van der Waals surface area contributed by atoms with Crippen molar-refractivity contribution < 1.29 is 9.53 Å². The molecule has 3 heterocycles. The number of pyridine rings is 1. The van der Waals surface area contributed by atoms with Crippen LogP contribution in [0.2, 0.25) is 0 Å². The van der Waals surface area contributed by atoms with Crippen LogP contribution in [0.5, 0.6) is 11.6 Å². The summed E-state index contributed by atoms with van der Waals surface area (Å²) in [5.74, 6) is 1.49. The highest BCUT2D eigenvalue weighted by Crippen LogP contribution is 2.33. The van der Waals surface area contributed by atoms with Crippen LogP contribution >= 0.6 is 11.3 Å². The Labute approximate surface area is 184 Å². The van der Waals surface area contributed by atoms with Crippen molar-refractivity contribution in [1.29, 1.82) is 0 Å².